The molecule has 0 spiro atoms. The van der Waals surface area contributed by atoms with E-state index >= 15 is 0 Å². The summed E-state index contributed by atoms with van der Waals surface area (Å²) in [5, 5.41) is 15.3. The van der Waals surface area contributed by atoms with Gasteiger partial charge in [-0.1, -0.05) is 86.8 Å². The molecule has 0 fully saturated rings. The third kappa shape index (κ3) is 7.85. The molecule has 1 amide bonds. The lowest BCUT2D eigenvalue weighted by atomic mass is 9.95. The Bertz CT molecular complexity index is 1320. The van der Waals surface area contributed by atoms with Gasteiger partial charge in [0.2, 0.25) is 0 Å². The molecule has 1 aliphatic rings. The van der Waals surface area contributed by atoms with Gasteiger partial charge in [0.15, 0.2) is 0 Å². The number of rotatable bonds is 13. The van der Waals surface area contributed by atoms with E-state index < -0.39 is 23.9 Å². The number of benzene rings is 3. The molecule has 0 unspecified atom stereocenters. The van der Waals surface area contributed by atoms with Crippen LogP contribution in [0.15, 0.2) is 72.8 Å². The molecule has 0 bridgehead atoms. The van der Waals surface area contributed by atoms with Crippen LogP contribution in [0.25, 0.3) is 0 Å². The van der Waals surface area contributed by atoms with Gasteiger partial charge in [-0.3, -0.25) is 4.79 Å². The van der Waals surface area contributed by atoms with Crippen LogP contribution < -0.4 is 10.2 Å². The highest BCUT2D eigenvalue weighted by Crippen LogP contribution is 2.35. The lowest BCUT2D eigenvalue weighted by Gasteiger charge is -2.46. The van der Waals surface area contributed by atoms with Crippen molar-refractivity contribution in [3.63, 3.8) is 0 Å². The number of anilines is 1. The number of aliphatic hydroxyl groups excluding tert-OH is 1. The van der Waals surface area contributed by atoms with E-state index in [1.165, 1.54) is 6.07 Å². The summed E-state index contributed by atoms with van der Waals surface area (Å²) in [6.07, 6.45) is -1.20. The second-order valence-corrected chi connectivity index (χ2v) is 11.4. The normalized spacial score (nSPS) is 15.2. The average molecular weight is 602 g/mol. The first-order chi connectivity index (χ1) is 20.1. The van der Waals surface area contributed by atoms with Crippen LogP contribution in [0.1, 0.15) is 66.6 Å². The number of halogens is 4. The zero-order valence-corrected chi connectivity index (χ0v) is 24.8. The molecular formula is C33H39ClF3N3O2. The summed E-state index contributed by atoms with van der Waals surface area (Å²) in [6, 6.07) is 19.9. The molecule has 2 atom stereocenters. The summed E-state index contributed by atoms with van der Waals surface area (Å²) in [7, 11) is 0. The first-order valence-corrected chi connectivity index (χ1v) is 15.0. The topological polar surface area (TPSA) is 55.8 Å². The third-order valence-electron chi connectivity index (χ3n) is 7.82. The van der Waals surface area contributed by atoms with Crippen molar-refractivity contribution in [1.82, 2.24) is 10.2 Å². The van der Waals surface area contributed by atoms with Crippen LogP contribution in [-0.4, -0.2) is 47.3 Å². The van der Waals surface area contributed by atoms with Crippen LogP contribution in [0.2, 0.25) is 5.02 Å². The standard InChI is InChI=1S/C33H39ClF3N3O2/c1-3-9-27(10-4-2)39-22-40(29-16-15-26(34)19-28(29)32(39)42)30(18-23-11-6-5-7-12-23)31(41)21-38-20-24-13-8-14-25(17-24)33(35,36)37/h5-8,11-17,19,27,30-31,38,41H,3-4,9-10,18,20-22H2,1-2H3/t30-,31+/m0/s1. The lowest BCUT2D eigenvalue weighted by Crippen LogP contribution is -2.58. The Kier molecular flexibility index (Phi) is 10.9. The van der Waals surface area contributed by atoms with E-state index in [9.17, 15) is 23.1 Å². The first kappa shape index (κ1) is 31.9. The van der Waals surface area contributed by atoms with Crippen molar-refractivity contribution in [3.8, 4) is 0 Å². The summed E-state index contributed by atoms with van der Waals surface area (Å²) in [6.45, 7) is 4.86. The minimum Gasteiger partial charge on any atom is -0.390 e. The number of carbonyl (C=O) groups is 1. The molecule has 5 nitrogen and oxygen atoms in total. The number of fused-ring (bicyclic) bond motifs is 1. The summed E-state index contributed by atoms with van der Waals surface area (Å²) in [4.78, 5) is 17.8. The molecule has 3 aromatic carbocycles. The lowest BCUT2D eigenvalue weighted by molar-refractivity contribution is -0.137. The molecule has 0 radical (unpaired) electrons. The number of nitrogens with one attached hydrogen (secondary N) is 1. The number of aliphatic hydroxyl groups is 1. The Labute approximate surface area is 251 Å². The van der Waals surface area contributed by atoms with E-state index in [0.29, 0.717) is 34.9 Å². The Morgan fingerprint density at radius 2 is 1.62 bits per heavy atom. The molecule has 2 N–H and O–H groups in total. The van der Waals surface area contributed by atoms with Crippen molar-refractivity contribution < 1.29 is 23.1 Å². The van der Waals surface area contributed by atoms with Gasteiger partial charge in [0.1, 0.15) is 0 Å². The fourth-order valence-corrected chi connectivity index (χ4v) is 5.92. The highest BCUT2D eigenvalue weighted by molar-refractivity contribution is 6.31. The van der Waals surface area contributed by atoms with E-state index in [2.05, 4.69) is 24.1 Å². The number of alkyl halides is 3. The Morgan fingerprint density at radius 1 is 0.929 bits per heavy atom. The monoisotopic (exact) mass is 601 g/mol. The van der Waals surface area contributed by atoms with E-state index in [1.807, 2.05) is 41.3 Å². The number of carbonyl (C=O) groups excluding carboxylic acids is 1. The summed E-state index contributed by atoms with van der Waals surface area (Å²) < 4.78 is 39.6. The zero-order chi connectivity index (χ0) is 30.3. The van der Waals surface area contributed by atoms with E-state index in [-0.39, 0.29) is 25.0 Å². The SMILES string of the molecule is CCCC(CCC)N1CN([C@@H](Cc2ccccc2)[C@H](O)CNCc2cccc(C(F)(F)F)c2)c2ccc(Cl)cc2C1=O. The highest BCUT2D eigenvalue weighted by atomic mass is 35.5. The van der Waals surface area contributed by atoms with Gasteiger partial charge in [0.05, 0.1) is 35.6 Å². The van der Waals surface area contributed by atoms with Crippen LogP contribution in [0.5, 0.6) is 0 Å². The third-order valence-corrected chi connectivity index (χ3v) is 8.05. The summed E-state index contributed by atoms with van der Waals surface area (Å²) in [5.74, 6) is -0.0636. The van der Waals surface area contributed by atoms with E-state index in [4.69, 9.17) is 11.6 Å². The fourth-order valence-electron chi connectivity index (χ4n) is 5.74. The summed E-state index contributed by atoms with van der Waals surface area (Å²) in [5.41, 5.74) is 2.02. The minimum absolute atomic E-state index is 0.0516. The molecule has 4 rings (SSSR count). The van der Waals surface area contributed by atoms with Crippen LogP contribution in [0.3, 0.4) is 0 Å². The van der Waals surface area contributed by atoms with Crippen LogP contribution in [-0.2, 0) is 19.1 Å². The minimum atomic E-state index is -4.42. The Hall–Kier alpha value is -3.07. The quantitative estimate of drug-likeness (QED) is 0.216. The predicted octanol–water partition coefficient (Wildman–Crippen LogP) is 7.31. The molecule has 1 aliphatic heterocycles. The maximum atomic E-state index is 13.8. The fraction of sp³-hybridized carbons (Fsp3) is 0.424. The van der Waals surface area contributed by atoms with Crippen molar-refractivity contribution >= 4 is 23.2 Å². The second kappa shape index (κ2) is 14.4. The molecule has 9 heteroatoms. The van der Waals surface area contributed by atoms with Gasteiger partial charge in [-0.05, 0) is 54.7 Å². The molecule has 0 saturated carbocycles. The van der Waals surface area contributed by atoms with Crippen molar-refractivity contribution in [2.45, 2.75) is 76.9 Å². The molecule has 3 aromatic rings. The molecule has 0 aliphatic carbocycles. The molecular weight excluding hydrogens is 563 g/mol. The van der Waals surface area contributed by atoms with Crippen molar-refractivity contribution in [1.29, 1.82) is 0 Å². The molecule has 0 saturated heterocycles. The maximum absolute atomic E-state index is 13.8. The molecule has 226 valence electrons. The van der Waals surface area contributed by atoms with Crippen LogP contribution in [0.4, 0.5) is 18.9 Å². The van der Waals surface area contributed by atoms with Crippen molar-refractivity contribution in [2.75, 3.05) is 18.1 Å². The van der Waals surface area contributed by atoms with Gasteiger partial charge >= 0.3 is 6.18 Å². The van der Waals surface area contributed by atoms with Gasteiger partial charge in [-0.2, -0.15) is 13.2 Å². The van der Waals surface area contributed by atoms with E-state index in [0.717, 1.165) is 43.4 Å². The largest absolute Gasteiger partial charge is 0.416 e. The van der Waals surface area contributed by atoms with Crippen LogP contribution >= 0.6 is 11.6 Å². The number of amides is 1. The number of hydrogen-bond acceptors (Lipinski definition) is 4. The average Bonchev–Trinajstić information content (AvgIpc) is 2.97. The molecule has 1 heterocycles. The summed E-state index contributed by atoms with van der Waals surface area (Å²) >= 11 is 6.36. The van der Waals surface area contributed by atoms with Crippen molar-refractivity contribution in [3.05, 3.63) is 100 Å². The molecule has 42 heavy (non-hydrogen) atoms. The van der Waals surface area contributed by atoms with E-state index in [1.54, 1.807) is 18.2 Å². The van der Waals surface area contributed by atoms with Gasteiger partial charge in [0.25, 0.3) is 5.91 Å². The number of hydrogen-bond donors (Lipinski definition) is 2. The van der Waals surface area contributed by atoms with Gasteiger partial charge in [-0.15, -0.1) is 0 Å². The second-order valence-electron chi connectivity index (χ2n) is 10.9. The Morgan fingerprint density at radius 3 is 2.29 bits per heavy atom. The Balaban J connectivity index is 1.63. The van der Waals surface area contributed by atoms with Crippen molar-refractivity contribution in [2.24, 2.45) is 0 Å². The highest BCUT2D eigenvalue weighted by Gasteiger charge is 2.38. The van der Waals surface area contributed by atoms with Gasteiger partial charge in [0, 0.05) is 24.2 Å². The zero-order valence-electron chi connectivity index (χ0n) is 24.1. The first-order valence-electron chi connectivity index (χ1n) is 14.6. The maximum Gasteiger partial charge on any atom is 0.416 e. The van der Waals surface area contributed by atoms with Gasteiger partial charge < -0.3 is 20.2 Å². The van der Waals surface area contributed by atoms with Gasteiger partial charge in [-0.25, -0.2) is 0 Å². The van der Waals surface area contributed by atoms with Crippen LogP contribution in [0, 0.1) is 0 Å². The smallest absolute Gasteiger partial charge is 0.390 e. The number of nitrogens with zero attached hydrogens (tertiary/aromatic N) is 2. The molecule has 0 aromatic heterocycles. The predicted molar refractivity (Wildman–Crippen MR) is 162 cm³/mol.